The molecular formula is C22H22N2O6. The van der Waals surface area contributed by atoms with Gasteiger partial charge in [0.2, 0.25) is 0 Å². The second kappa shape index (κ2) is 9.21. The molecule has 3 rings (SSSR count). The van der Waals surface area contributed by atoms with Gasteiger partial charge in [-0.25, -0.2) is 0 Å². The Morgan fingerprint density at radius 1 is 1.00 bits per heavy atom. The van der Waals surface area contributed by atoms with E-state index in [2.05, 4.69) is 5.32 Å². The lowest BCUT2D eigenvalue weighted by atomic mass is 10.1. The van der Waals surface area contributed by atoms with E-state index >= 15 is 0 Å². The Labute approximate surface area is 173 Å². The Morgan fingerprint density at radius 2 is 1.60 bits per heavy atom. The van der Waals surface area contributed by atoms with Crippen molar-refractivity contribution in [3.8, 4) is 5.75 Å². The largest absolute Gasteiger partial charge is 0.497 e. The molecule has 8 nitrogen and oxygen atoms in total. The Balaban J connectivity index is 1.43. The van der Waals surface area contributed by atoms with E-state index in [1.54, 1.807) is 55.6 Å². The first-order valence-corrected chi connectivity index (χ1v) is 9.50. The van der Waals surface area contributed by atoms with Crippen molar-refractivity contribution in [2.24, 2.45) is 0 Å². The first-order chi connectivity index (χ1) is 14.4. The summed E-state index contributed by atoms with van der Waals surface area (Å²) in [5.41, 5.74) is 1.29. The van der Waals surface area contributed by atoms with Gasteiger partial charge in [-0.15, -0.1) is 0 Å². The van der Waals surface area contributed by atoms with Gasteiger partial charge in [-0.2, -0.15) is 0 Å². The topological polar surface area (TPSA) is 102 Å². The summed E-state index contributed by atoms with van der Waals surface area (Å²) in [7, 11) is 1.55. The maximum absolute atomic E-state index is 12.3. The Morgan fingerprint density at radius 3 is 2.17 bits per heavy atom. The van der Waals surface area contributed by atoms with Crippen molar-refractivity contribution in [2.75, 3.05) is 19.0 Å². The molecule has 0 saturated heterocycles. The van der Waals surface area contributed by atoms with Crippen molar-refractivity contribution in [2.45, 2.75) is 25.9 Å². The van der Waals surface area contributed by atoms with Gasteiger partial charge in [0.15, 0.2) is 6.10 Å². The smallest absolute Gasteiger partial charge is 0.306 e. The second-order valence-electron chi connectivity index (χ2n) is 6.76. The lowest BCUT2D eigenvalue weighted by molar-refractivity contribution is -0.153. The fraction of sp³-hybridized carbons (Fsp3) is 0.273. The summed E-state index contributed by atoms with van der Waals surface area (Å²) < 4.78 is 10.2. The minimum atomic E-state index is -0.987. The lowest BCUT2D eigenvalue weighted by Gasteiger charge is -2.15. The highest BCUT2D eigenvalue weighted by molar-refractivity contribution is 6.21. The highest BCUT2D eigenvalue weighted by Gasteiger charge is 2.34. The zero-order valence-electron chi connectivity index (χ0n) is 16.7. The predicted molar refractivity (Wildman–Crippen MR) is 108 cm³/mol. The van der Waals surface area contributed by atoms with Crippen LogP contribution >= 0.6 is 0 Å². The number of hydrogen-bond acceptors (Lipinski definition) is 6. The van der Waals surface area contributed by atoms with Crippen LogP contribution in [0.3, 0.4) is 0 Å². The molecule has 0 radical (unpaired) electrons. The number of methoxy groups -OCH3 is 1. The molecule has 3 amide bonds. The van der Waals surface area contributed by atoms with Gasteiger partial charge < -0.3 is 14.8 Å². The fourth-order valence-electron chi connectivity index (χ4n) is 3.05. The molecule has 0 fully saturated rings. The van der Waals surface area contributed by atoms with Crippen LogP contribution in [0.2, 0.25) is 0 Å². The first kappa shape index (κ1) is 21.0. The molecule has 1 heterocycles. The average molecular weight is 410 g/mol. The predicted octanol–water partition coefficient (Wildman–Crippen LogP) is 2.64. The van der Waals surface area contributed by atoms with Crippen molar-refractivity contribution < 1.29 is 28.7 Å². The quantitative estimate of drug-likeness (QED) is 0.530. The molecule has 2 aromatic carbocycles. The SMILES string of the molecule is COc1ccc(NC(=O)[C@H](C)OC(=O)CCCN2C(=O)c3ccccc3C2=O)cc1. The van der Waals surface area contributed by atoms with Crippen molar-refractivity contribution in [3.63, 3.8) is 0 Å². The molecule has 30 heavy (non-hydrogen) atoms. The third kappa shape index (κ3) is 4.65. The van der Waals surface area contributed by atoms with Crippen LogP contribution in [0, 0.1) is 0 Å². The molecule has 0 saturated carbocycles. The van der Waals surface area contributed by atoms with E-state index in [9.17, 15) is 19.2 Å². The number of amides is 3. The van der Waals surface area contributed by atoms with Gasteiger partial charge in [-0.05, 0) is 49.7 Å². The molecule has 1 atom stereocenters. The number of esters is 1. The number of anilines is 1. The van der Waals surface area contributed by atoms with Crippen LogP contribution in [-0.2, 0) is 14.3 Å². The molecule has 0 aromatic heterocycles. The molecule has 1 aliphatic heterocycles. The number of carbonyl (C=O) groups is 4. The molecule has 0 unspecified atom stereocenters. The van der Waals surface area contributed by atoms with Crippen LogP contribution in [0.1, 0.15) is 40.5 Å². The lowest BCUT2D eigenvalue weighted by Crippen LogP contribution is -2.32. The van der Waals surface area contributed by atoms with Gasteiger partial charge >= 0.3 is 5.97 Å². The second-order valence-corrected chi connectivity index (χ2v) is 6.76. The number of carbonyl (C=O) groups excluding carboxylic acids is 4. The third-order valence-corrected chi connectivity index (χ3v) is 4.68. The zero-order chi connectivity index (χ0) is 21.7. The minimum Gasteiger partial charge on any atom is -0.497 e. The van der Waals surface area contributed by atoms with Gasteiger partial charge in [0.25, 0.3) is 17.7 Å². The number of imide groups is 1. The van der Waals surface area contributed by atoms with E-state index in [4.69, 9.17) is 9.47 Å². The van der Waals surface area contributed by atoms with Crippen molar-refractivity contribution in [1.29, 1.82) is 0 Å². The van der Waals surface area contributed by atoms with Crippen LogP contribution in [0.4, 0.5) is 5.69 Å². The van der Waals surface area contributed by atoms with E-state index in [1.165, 1.54) is 6.92 Å². The fourth-order valence-corrected chi connectivity index (χ4v) is 3.05. The summed E-state index contributed by atoms with van der Waals surface area (Å²) in [6.07, 6.45) is -0.760. The standard InChI is InChI=1S/C22H22N2O6/c1-14(20(26)23-15-9-11-16(29-2)12-10-15)30-19(25)8-5-13-24-21(27)17-6-3-4-7-18(17)22(24)28/h3-4,6-7,9-12,14H,5,8,13H2,1-2H3,(H,23,26)/t14-/m0/s1. The summed E-state index contributed by atoms with van der Waals surface area (Å²) in [6, 6.07) is 13.4. The normalized spacial score (nSPS) is 13.6. The molecule has 1 N–H and O–H groups in total. The minimum absolute atomic E-state index is 0.0203. The van der Waals surface area contributed by atoms with Crippen molar-refractivity contribution in [3.05, 3.63) is 59.7 Å². The van der Waals surface area contributed by atoms with Gasteiger partial charge in [0.05, 0.1) is 18.2 Å². The monoisotopic (exact) mass is 410 g/mol. The molecule has 156 valence electrons. The number of rotatable bonds is 8. The summed E-state index contributed by atoms with van der Waals surface area (Å²) in [4.78, 5) is 49.9. The van der Waals surface area contributed by atoms with Crippen LogP contribution < -0.4 is 10.1 Å². The van der Waals surface area contributed by atoms with E-state index in [1.807, 2.05) is 0 Å². The highest BCUT2D eigenvalue weighted by atomic mass is 16.5. The van der Waals surface area contributed by atoms with Gasteiger partial charge in [0.1, 0.15) is 5.75 Å². The number of benzene rings is 2. The van der Waals surface area contributed by atoms with Crippen LogP contribution in [0.15, 0.2) is 48.5 Å². The third-order valence-electron chi connectivity index (χ3n) is 4.68. The van der Waals surface area contributed by atoms with Gasteiger partial charge in [-0.1, -0.05) is 12.1 Å². The number of fused-ring (bicyclic) bond motifs is 1. The summed E-state index contributed by atoms with van der Waals surface area (Å²) in [5.74, 6) is -1.11. The Bertz CT molecular complexity index is 935. The number of ether oxygens (including phenoxy) is 2. The van der Waals surface area contributed by atoms with Crippen LogP contribution in [0.5, 0.6) is 5.75 Å². The zero-order valence-corrected chi connectivity index (χ0v) is 16.7. The van der Waals surface area contributed by atoms with Gasteiger partial charge in [0, 0.05) is 18.7 Å². The number of nitrogens with zero attached hydrogens (tertiary/aromatic N) is 1. The molecule has 2 aromatic rings. The molecule has 0 spiro atoms. The number of hydrogen-bond donors (Lipinski definition) is 1. The molecule has 8 heteroatoms. The summed E-state index contributed by atoms with van der Waals surface area (Å²) in [5, 5.41) is 2.65. The first-order valence-electron chi connectivity index (χ1n) is 9.50. The summed E-state index contributed by atoms with van der Waals surface area (Å²) >= 11 is 0. The van der Waals surface area contributed by atoms with E-state index < -0.39 is 18.0 Å². The average Bonchev–Trinajstić information content (AvgIpc) is 2.99. The van der Waals surface area contributed by atoms with Crippen LogP contribution in [-0.4, -0.2) is 48.3 Å². The maximum Gasteiger partial charge on any atom is 0.306 e. The summed E-state index contributed by atoms with van der Waals surface area (Å²) in [6.45, 7) is 1.58. The van der Waals surface area contributed by atoms with Gasteiger partial charge in [-0.3, -0.25) is 24.1 Å². The van der Waals surface area contributed by atoms with Crippen molar-refractivity contribution >= 4 is 29.4 Å². The van der Waals surface area contributed by atoms with E-state index in [-0.39, 0.29) is 31.2 Å². The maximum atomic E-state index is 12.3. The molecule has 0 bridgehead atoms. The molecule has 0 aliphatic carbocycles. The molecular weight excluding hydrogens is 388 g/mol. The Kier molecular flexibility index (Phi) is 6.46. The van der Waals surface area contributed by atoms with E-state index in [0.29, 0.717) is 22.6 Å². The molecule has 1 aliphatic rings. The number of nitrogens with one attached hydrogen (secondary N) is 1. The van der Waals surface area contributed by atoms with E-state index in [0.717, 1.165) is 4.90 Å². The highest BCUT2D eigenvalue weighted by Crippen LogP contribution is 2.22. The van der Waals surface area contributed by atoms with Crippen molar-refractivity contribution in [1.82, 2.24) is 4.90 Å². The Hall–Kier alpha value is -3.68. The van der Waals surface area contributed by atoms with Crippen LogP contribution in [0.25, 0.3) is 0 Å².